The van der Waals surface area contributed by atoms with Gasteiger partial charge in [-0.1, -0.05) is 72.8 Å². The Morgan fingerprint density at radius 1 is 0.340 bits per heavy atom. The van der Waals surface area contributed by atoms with Crippen molar-refractivity contribution in [2.24, 2.45) is 0 Å². The number of para-hydroxylation sites is 2. The lowest BCUT2D eigenvalue weighted by Gasteiger charge is -2.31. The summed E-state index contributed by atoms with van der Waals surface area (Å²) in [7, 11) is 0. The minimum absolute atomic E-state index is 0.272. The molecule has 4 heteroatoms. The highest BCUT2D eigenvalue weighted by molar-refractivity contribution is 6.39. The van der Waals surface area contributed by atoms with Crippen molar-refractivity contribution >= 4 is 77.2 Å². The Morgan fingerprint density at radius 2 is 0.680 bits per heavy atom. The molecule has 0 N–H and O–H groups in total. The van der Waals surface area contributed by atoms with Gasteiger partial charge in [0.2, 0.25) is 0 Å². The Bertz CT molecular complexity index is 2480. The zero-order valence-corrected chi connectivity index (χ0v) is 27.7. The monoisotopic (exact) mass is 650 g/mol. The number of halogens is 2. The highest BCUT2D eigenvalue weighted by Crippen LogP contribution is 2.52. The maximum Gasteiger partial charge on any atom is 0.123 e. The van der Waals surface area contributed by atoms with E-state index in [1.165, 1.54) is 45.8 Å². The Morgan fingerprint density at radius 3 is 1.06 bits per heavy atom. The molecule has 0 radical (unpaired) electrons. The number of nitrogens with zero attached hydrogens (tertiary/aromatic N) is 2. The van der Waals surface area contributed by atoms with Gasteiger partial charge >= 0.3 is 0 Å². The van der Waals surface area contributed by atoms with Crippen LogP contribution in [-0.2, 0) is 0 Å². The highest BCUT2D eigenvalue weighted by Gasteiger charge is 2.26. The topological polar surface area (TPSA) is 6.48 Å². The van der Waals surface area contributed by atoms with E-state index in [1.54, 1.807) is 0 Å². The lowest BCUT2D eigenvalue weighted by atomic mass is 9.84. The molecule has 0 unspecified atom stereocenters. The smallest absolute Gasteiger partial charge is 0.123 e. The average Bonchev–Trinajstić information content (AvgIpc) is 3.15. The van der Waals surface area contributed by atoms with Crippen LogP contribution in [0.1, 0.15) is 11.1 Å². The summed E-state index contributed by atoms with van der Waals surface area (Å²) in [6.07, 6.45) is 0. The second-order valence-corrected chi connectivity index (χ2v) is 12.9. The van der Waals surface area contributed by atoms with Gasteiger partial charge in [0.05, 0.1) is 11.4 Å². The molecule has 240 valence electrons. The van der Waals surface area contributed by atoms with Crippen molar-refractivity contribution in [1.82, 2.24) is 0 Å². The lowest BCUT2D eigenvalue weighted by Crippen LogP contribution is -2.12. The van der Waals surface area contributed by atoms with E-state index in [1.807, 2.05) is 60.7 Å². The van der Waals surface area contributed by atoms with Crippen LogP contribution in [0.4, 0.5) is 42.9 Å². The number of hydrogen-bond acceptors (Lipinski definition) is 2. The molecule has 0 bridgehead atoms. The van der Waals surface area contributed by atoms with Gasteiger partial charge in [-0.25, -0.2) is 8.78 Å². The number of anilines is 6. The summed E-state index contributed by atoms with van der Waals surface area (Å²) in [6, 6.07) is 51.7. The van der Waals surface area contributed by atoms with E-state index >= 15 is 0 Å². The first-order valence-electron chi connectivity index (χ1n) is 16.8. The molecule has 0 amide bonds. The first-order chi connectivity index (χ1) is 24.5. The van der Waals surface area contributed by atoms with Crippen molar-refractivity contribution in [2.75, 3.05) is 9.80 Å². The van der Waals surface area contributed by atoms with Crippen LogP contribution in [0.3, 0.4) is 0 Å². The van der Waals surface area contributed by atoms with Gasteiger partial charge in [0.1, 0.15) is 11.6 Å². The van der Waals surface area contributed by atoms with Gasteiger partial charge in [0.25, 0.3) is 0 Å². The molecule has 9 rings (SSSR count). The fraction of sp³-hybridized carbons (Fsp3) is 0.0435. The Labute approximate surface area is 289 Å². The van der Waals surface area contributed by atoms with Crippen molar-refractivity contribution in [3.63, 3.8) is 0 Å². The third-order valence-corrected chi connectivity index (χ3v) is 9.92. The van der Waals surface area contributed by atoms with Crippen LogP contribution in [0, 0.1) is 25.5 Å². The van der Waals surface area contributed by atoms with Gasteiger partial charge in [0.15, 0.2) is 0 Å². The normalized spacial score (nSPS) is 11.6. The Hall–Kier alpha value is -6.26. The average molecular weight is 651 g/mol. The molecule has 0 atom stereocenters. The van der Waals surface area contributed by atoms with Crippen LogP contribution in [0.2, 0.25) is 0 Å². The zero-order chi connectivity index (χ0) is 33.9. The SMILES string of the molecule is Cc1cc(N(c2ccccc2)c2ccc(F)cc2)c2c3ccccc3c3c(N(c4ccccc4)c4ccc(F)cc4)cc(C)c4ccc1c2c43. The molecule has 0 saturated heterocycles. The van der Waals surface area contributed by atoms with Crippen molar-refractivity contribution in [3.05, 3.63) is 180 Å². The van der Waals surface area contributed by atoms with E-state index in [-0.39, 0.29) is 11.6 Å². The molecular formula is C46H32F2N2. The van der Waals surface area contributed by atoms with Gasteiger partial charge in [-0.3, -0.25) is 0 Å². The van der Waals surface area contributed by atoms with Gasteiger partial charge in [-0.2, -0.15) is 0 Å². The molecule has 0 saturated carbocycles. The molecule has 0 aliphatic rings. The van der Waals surface area contributed by atoms with Crippen molar-refractivity contribution < 1.29 is 8.78 Å². The fourth-order valence-corrected chi connectivity index (χ4v) is 7.75. The predicted octanol–water partition coefficient (Wildman–Crippen LogP) is 13.6. The van der Waals surface area contributed by atoms with E-state index < -0.39 is 0 Å². The third-order valence-electron chi connectivity index (χ3n) is 9.92. The molecule has 9 aromatic rings. The second-order valence-electron chi connectivity index (χ2n) is 12.9. The highest BCUT2D eigenvalue weighted by atomic mass is 19.1. The molecule has 50 heavy (non-hydrogen) atoms. The number of fused-ring (bicyclic) bond motifs is 3. The van der Waals surface area contributed by atoms with E-state index in [4.69, 9.17) is 0 Å². The first-order valence-corrected chi connectivity index (χ1v) is 16.8. The maximum absolute atomic E-state index is 14.3. The molecule has 0 aliphatic carbocycles. The Kier molecular flexibility index (Phi) is 6.99. The second kappa shape index (κ2) is 11.7. The Balaban J connectivity index is 1.47. The largest absolute Gasteiger partial charge is 0.310 e. The summed E-state index contributed by atoms with van der Waals surface area (Å²) in [5, 5.41) is 9.25. The minimum Gasteiger partial charge on any atom is -0.310 e. The number of benzene rings is 9. The van der Waals surface area contributed by atoms with Crippen LogP contribution in [0.25, 0.3) is 43.1 Å². The lowest BCUT2D eigenvalue weighted by molar-refractivity contribution is 0.627. The quantitative estimate of drug-likeness (QED) is 0.131. The molecule has 0 fully saturated rings. The summed E-state index contributed by atoms with van der Waals surface area (Å²) in [5.74, 6) is -0.545. The maximum atomic E-state index is 14.3. The molecule has 0 spiro atoms. The molecule has 0 aromatic heterocycles. The zero-order valence-electron chi connectivity index (χ0n) is 27.7. The summed E-state index contributed by atoms with van der Waals surface area (Å²) in [4.78, 5) is 4.49. The van der Waals surface area contributed by atoms with Gasteiger partial charge in [-0.15, -0.1) is 0 Å². The molecule has 2 nitrogen and oxygen atoms in total. The molecular weight excluding hydrogens is 619 g/mol. The molecule has 0 aliphatic heterocycles. The van der Waals surface area contributed by atoms with E-state index in [2.05, 4.69) is 96.4 Å². The summed E-state index contributed by atoms with van der Waals surface area (Å²) < 4.78 is 28.6. The fourth-order valence-electron chi connectivity index (χ4n) is 7.75. The van der Waals surface area contributed by atoms with Crippen LogP contribution in [0.5, 0.6) is 0 Å². The van der Waals surface area contributed by atoms with Crippen molar-refractivity contribution in [3.8, 4) is 0 Å². The first kappa shape index (κ1) is 29.8. The summed E-state index contributed by atoms with van der Waals surface area (Å²) in [5.41, 5.74) is 8.08. The van der Waals surface area contributed by atoms with Crippen LogP contribution in [0.15, 0.2) is 158 Å². The van der Waals surface area contributed by atoms with Crippen LogP contribution in [-0.4, -0.2) is 0 Å². The summed E-state index contributed by atoms with van der Waals surface area (Å²) in [6.45, 7) is 4.35. The number of rotatable bonds is 6. The predicted molar refractivity (Wildman–Crippen MR) is 206 cm³/mol. The van der Waals surface area contributed by atoms with Gasteiger partial charge in [-0.05, 0) is 131 Å². The van der Waals surface area contributed by atoms with E-state index in [0.29, 0.717) is 0 Å². The van der Waals surface area contributed by atoms with Crippen LogP contribution < -0.4 is 9.80 Å². The van der Waals surface area contributed by atoms with Gasteiger partial charge in [0, 0.05) is 44.3 Å². The standard InChI is InChI=1S/C46H32F2N2/c1-29-27-41(49(33-11-5-3-6-12-33)35-21-17-31(47)18-22-35)43-39-15-9-10-16-40(39)44-42(28-30(2)38-26-25-37(29)45(43)46(38)44)50(34-13-7-4-8-14-34)36-23-19-32(48)20-24-36/h3-28H,1-2H3. The van der Waals surface area contributed by atoms with Crippen LogP contribution >= 0.6 is 0 Å². The van der Waals surface area contributed by atoms with Crippen molar-refractivity contribution in [1.29, 1.82) is 0 Å². The van der Waals surface area contributed by atoms with Crippen molar-refractivity contribution in [2.45, 2.75) is 13.8 Å². The molecule has 0 heterocycles. The minimum atomic E-state index is -0.272. The summed E-state index contributed by atoms with van der Waals surface area (Å²) >= 11 is 0. The molecule has 9 aromatic carbocycles. The van der Waals surface area contributed by atoms with E-state index in [0.717, 1.165) is 66.8 Å². The third kappa shape index (κ3) is 4.67. The van der Waals surface area contributed by atoms with Gasteiger partial charge < -0.3 is 9.80 Å². The van der Waals surface area contributed by atoms with E-state index in [9.17, 15) is 8.78 Å². The number of hydrogen-bond donors (Lipinski definition) is 0. The number of aryl methyl sites for hydroxylation is 2.